The molecule has 1 aliphatic heterocycles. The first kappa shape index (κ1) is 9.75. The number of aliphatic hydroxyl groups is 1. The van der Waals surface area contributed by atoms with Crippen molar-refractivity contribution in [2.45, 2.75) is 5.41 Å². The van der Waals surface area contributed by atoms with Gasteiger partial charge in [0.1, 0.15) is 0 Å². The van der Waals surface area contributed by atoms with E-state index < -0.39 is 0 Å². The lowest BCUT2D eigenvalue weighted by molar-refractivity contribution is -0.0842. The molecule has 3 nitrogen and oxygen atoms in total. The standard InChI is InChI=1S/C13H13NO2/c15-7-13(8-16-9-13)11-5-10-3-1-2-4-12(10)14-6-11/h1-6,15H,7-9H2. The third kappa shape index (κ3) is 1.32. The van der Waals surface area contributed by atoms with Gasteiger partial charge in [-0.1, -0.05) is 18.2 Å². The van der Waals surface area contributed by atoms with Crippen LogP contribution in [0.5, 0.6) is 0 Å². The second-order valence-corrected chi connectivity index (χ2v) is 4.35. The molecule has 1 aromatic heterocycles. The van der Waals surface area contributed by atoms with Crippen molar-refractivity contribution in [3.8, 4) is 0 Å². The molecule has 1 fully saturated rings. The molecule has 1 N–H and O–H groups in total. The fraction of sp³-hybridized carbons (Fsp3) is 0.308. The summed E-state index contributed by atoms with van der Waals surface area (Å²) in [6, 6.07) is 10.1. The smallest absolute Gasteiger partial charge is 0.0702 e. The molecule has 0 atom stereocenters. The Balaban J connectivity index is 2.11. The van der Waals surface area contributed by atoms with Crippen LogP contribution < -0.4 is 0 Å². The third-order valence-electron chi connectivity index (χ3n) is 3.26. The number of benzene rings is 1. The van der Waals surface area contributed by atoms with E-state index in [0.29, 0.717) is 13.2 Å². The Hall–Kier alpha value is -1.45. The molecule has 1 aliphatic rings. The minimum Gasteiger partial charge on any atom is -0.395 e. The number of rotatable bonds is 2. The van der Waals surface area contributed by atoms with Gasteiger partial charge in [-0.2, -0.15) is 0 Å². The second kappa shape index (κ2) is 3.54. The number of fused-ring (bicyclic) bond motifs is 1. The number of aliphatic hydroxyl groups excluding tert-OH is 1. The first-order valence-electron chi connectivity index (χ1n) is 5.38. The van der Waals surface area contributed by atoms with Crippen LogP contribution in [0.4, 0.5) is 0 Å². The Morgan fingerprint density at radius 3 is 2.81 bits per heavy atom. The van der Waals surface area contributed by atoms with Crippen LogP contribution in [0.3, 0.4) is 0 Å². The van der Waals surface area contributed by atoms with Crippen LogP contribution >= 0.6 is 0 Å². The van der Waals surface area contributed by atoms with Crippen molar-refractivity contribution in [2.24, 2.45) is 0 Å². The number of para-hydroxylation sites is 1. The molecule has 82 valence electrons. The van der Waals surface area contributed by atoms with Gasteiger partial charge < -0.3 is 9.84 Å². The van der Waals surface area contributed by atoms with Gasteiger partial charge in [-0.05, 0) is 17.7 Å². The fourth-order valence-corrected chi connectivity index (χ4v) is 2.06. The zero-order chi connectivity index (χ0) is 11.0. The summed E-state index contributed by atoms with van der Waals surface area (Å²) in [6.07, 6.45) is 1.85. The summed E-state index contributed by atoms with van der Waals surface area (Å²) in [5, 5.41) is 10.6. The van der Waals surface area contributed by atoms with Gasteiger partial charge >= 0.3 is 0 Å². The van der Waals surface area contributed by atoms with Gasteiger partial charge in [0, 0.05) is 11.6 Å². The Morgan fingerprint density at radius 1 is 1.31 bits per heavy atom. The third-order valence-corrected chi connectivity index (χ3v) is 3.26. The summed E-state index contributed by atoms with van der Waals surface area (Å²) in [5.41, 5.74) is 1.83. The Bertz CT molecular complexity index is 515. The molecule has 3 heteroatoms. The quantitative estimate of drug-likeness (QED) is 0.825. The van der Waals surface area contributed by atoms with E-state index in [0.717, 1.165) is 16.5 Å². The Morgan fingerprint density at radius 2 is 2.12 bits per heavy atom. The van der Waals surface area contributed by atoms with E-state index in [-0.39, 0.29) is 12.0 Å². The van der Waals surface area contributed by atoms with E-state index in [4.69, 9.17) is 4.74 Å². The summed E-state index contributed by atoms with van der Waals surface area (Å²) >= 11 is 0. The van der Waals surface area contributed by atoms with E-state index in [1.54, 1.807) is 0 Å². The van der Waals surface area contributed by atoms with Gasteiger partial charge in [0.2, 0.25) is 0 Å². The average molecular weight is 215 g/mol. The van der Waals surface area contributed by atoms with Crippen molar-refractivity contribution in [2.75, 3.05) is 19.8 Å². The molecule has 0 unspecified atom stereocenters. The number of ether oxygens (including phenoxy) is 1. The lowest BCUT2D eigenvalue weighted by Crippen LogP contribution is -2.49. The van der Waals surface area contributed by atoms with Crippen molar-refractivity contribution >= 4 is 10.9 Å². The molecule has 2 aromatic rings. The van der Waals surface area contributed by atoms with Gasteiger partial charge in [-0.15, -0.1) is 0 Å². The van der Waals surface area contributed by atoms with Crippen LogP contribution in [0.2, 0.25) is 0 Å². The molecule has 3 rings (SSSR count). The molecule has 0 bridgehead atoms. The number of hydrogen-bond acceptors (Lipinski definition) is 3. The Kier molecular flexibility index (Phi) is 2.16. The topological polar surface area (TPSA) is 42.4 Å². The molecule has 0 radical (unpaired) electrons. The lowest BCUT2D eigenvalue weighted by atomic mass is 9.80. The van der Waals surface area contributed by atoms with Gasteiger partial charge in [0.25, 0.3) is 0 Å². The molecule has 1 saturated heterocycles. The summed E-state index contributed by atoms with van der Waals surface area (Å²) in [5.74, 6) is 0. The first-order chi connectivity index (χ1) is 7.84. The van der Waals surface area contributed by atoms with Gasteiger partial charge in [0.05, 0.1) is 30.8 Å². The van der Waals surface area contributed by atoms with Crippen LogP contribution in [-0.4, -0.2) is 29.9 Å². The highest BCUT2D eigenvalue weighted by Gasteiger charge is 2.40. The molecule has 0 saturated carbocycles. The molecule has 0 aliphatic carbocycles. The normalized spacial score (nSPS) is 18.3. The number of hydrogen-bond donors (Lipinski definition) is 1. The number of pyridine rings is 1. The minimum absolute atomic E-state index is 0.118. The highest BCUT2D eigenvalue weighted by atomic mass is 16.5. The maximum atomic E-state index is 9.45. The second-order valence-electron chi connectivity index (χ2n) is 4.35. The van der Waals surface area contributed by atoms with E-state index in [1.165, 1.54) is 0 Å². The fourth-order valence-electron chi connectivity index (χ4n) is 2.06. The molecular weight excluding hydrogens is 202 g/mol. The van der Waals surface area contributed by atoms with E-state index >= 15 is 0 Å². The maximum Gasteiger partial charge on any atom is 0.0702 e. The van der Waals surface area contributed by atoms with Gasteiger partial charge in [-0.3, -0.25) is 4.98 Å². The van der Waals surface area contributed by atoms with Crippen LogP contribution in [-0.2, 0) is 10.2 Å². The molecule has 2 heterocycles. The summed E-state index contributed by atoms with van der Waals surface area (Å²) in [7, 11) is 0. The van der Waals surface area contributed by atoms with Crippen molar-refractivity contribution in [1.29, 1.82) is 0 Å². The molecule has 1 aromatic carbocycles. The zero-order valence-corrected chi connectivity index (χ0v) is 8.89. The SMILES string of the molecule is OCC1(c2cnc3ccccc3c2)COC1. The van der Waals surface area contributed by atoms with Gasteiger partial charge in [0.15, 0.2) is 0 Å². The van der Waals surface area contributed by atoms with Crippen LogP contribution in [0, 0.1) is 0 Å². The largest absolute Gasteiger partial charge is 0.395 e. The zero-order valence-electron chi connectivity index (χ0n) is 8.89. The van der Waals surface area contributed by atoms with Crippen molar-refractivity contribution in [1.82, 2.24) is 4.98 Å². The number of nitrogens with zero attached hydrogens (tertiary/aromatic N) is 1. The predicted molar refractivity (Wildman–Crippen MR) is 61.3 cm³/mol. The molecule has 16 heavy (non-hydrogen) atoms. The maximum absolute atomic E-state index is 9.45. The molecule has 0 spiro atoms. The highest BCUT2D eigenvalue weighted by Crippen LogP contribution is 2.32. The summed E-state index contributed by atoms with van der Waals surface area (Å²) in [6.45, 7) is 1.29. The molecule has 0 amide bonds. The number of aromatic nitrogens is 1. The summed E-state index contributed by atoms with van der Waals surface area (Å²) < 4.78 is 5.21. The lowest BCUT2D eigenvalue weighted by Gasteiger charge is -2.40. The van der Waals surface area contributed by atoms with Crippen LogP contribution in [0.25, 0.3) is 10.9 Å². The minimum atomic E-state index is -0.225. The summed E-state index contributed by atoms with van der Waals surface area (Å²) in [4.78, 5) is 4.41. The van der Waals surface area contributed by atoms with E-state index in [1.807, 2.05) is 30.5 Å². The van der Waals surface area contributed by atoms with E-state index in [2.05, 4.69) is 11.1 Å². The van der Waals surface area contributed by atoms with Crippen molar-refractivity contribution in [3.63, 3.8) is 0 Å². The Labute approximate surface area is 93.7 Å². The van der Waals surface area contributed by atoms with Crippen molar-refractivity contribution < 1.29 is 9.84 Å². The van der Waals surface area contributed by atoms with Crippen LogP contribution in [0.1, 0.15) is 5.56 Å². The van der Waals surface area contributed by atoms with E-state index in [9.17, 15) is 5.11 Å². The monoisotopic (exact) mass is 215 g/mol. The average Bonchev–Trinajstić information content (AvgIpc) is 2.28. The van der Waals surface area contributed by atoms with Crippen molar-refractivity contribution in [3.05, 3.63) is 42.1 Å². The van der Waals surface area contributed by atoms with Gasteiger partial charge in [-0.25, -0.2) is 0 Å². The predicted octanol–water partition coefficient (Wildman–Crippen LogP) is 1.50. The molecular formula is C13H13NO2. The highest BCUT2D eigenvalue weighted by molar-refractivity contribution is 5.79. The van der Waals surface area contributed by atoms with Crippen LogP contribution in [0.15, 0.2) is 36.5 Å². The first-order valence-corrected chi connectivity index (χ1v) is 5.38.